The van der Waals surface area contributed by atoms with E-state index in [1.807, 2.05) is 24.3 Å². The number of aryl methyl sites for hydroxylation is 1. The number of rotatable bonds is 5. The molecule has 0 saturated heterocycles. The molecule has 1 aromatic carbocycles. The molecule has 3 nitrogen and oxygen atoms in total. The predicted molar refractivity (Wildman–Crippen MR) is 52.2 cm³/mol. The first-order valence-electron chi connectivity index (χ1n) is 4.45. The van der Waals surface area contributed by atoms with E-state index in [1.165, 1.54) is 0 Å². The fourth-order valence-corrected chi connectivity index (χ4v) is 1.19. The van der Waals surface area contributed by atoms with Gasteiger partial charge in [0.1, 0.15) is 6.29 Å². The maximum absolute atomic E-state index is 10.3. The van der Waals surface area contributed by atoms with E-state index in [0.29, 0.717) is 12.8 Å². The third kappa shape index (κ3) is 3.39. The molecule has 0 spiro atoms. The predicted octanol–water partition coefficient (Wildman–Crippen LogP) is 1.45. The van der Waals surface area contributed by atoms with Crippen molar-refractivity contribution in [3.63, 3.8) is 0 Å². The van der Waals surface area contributed by atoms with Crippen LogP contribution in [0.1, 0.15) is 17.5 Å². The molecular weight excluding hydrogens is 180 g/mol. The lowest BCUT2D eigenvalue weighted by Crippen LogP contribution is -1.97. The molecule has 14 heavy (non-hydrogen) atoms. The Morgan fingerprint density at radius 3 is 2.29 bits per heavy atom. The summed E-state index contributed by atoms with van der Waals surface area (Å²) in [6.45, 7) is 0. The SMILES string of the molecule is O=CCc1ccc(CCC(=O)O)cc1. The maximum Gasteiger partial charge on any atom is 0.303 e. The van der Waals surface area contributed by atoms with E-state index >= 15 is 0 Å². The summed E-state index contributed by atoms with van der Waals surface area (Å²) >= 11 is 0. The first-order valence-corrected chi connectivity index (χ1v) is 4.45. The molecule has 74 valence electrons. The molecule has 0 fully saturated rings. The first-order chi connectivity index (χ1) is 6.72. The zero-order chi connectivity index (χ0) is 10.4. The van der Waals surface area contributed by atoms with Gasteiger partial charge < -0.3 is 9.90 Å². The Balaban J connectivity index is 2.54. The lowest BCUT2D eigenvalue weighted by molar-refractivity contribution is -0.136. The van der Waals surface area contributed by atoms with Crippen molar-refractivity contribution in [3.05, 3.63) is 35.4 Å². The van der Waals surface area contributed by atoms with Gasteiger partial charge >= 0.3 is 5.97 Å². The molecule has 1 rings (SSSR count). The summed E-state index contributed by atoms with van der Waals surface area (Å²) < 4.78 is 0. The van der Waals surface area contributed by atoms with E-state index in [9.17, 15) is 9.59 Å². The van der Waals surface area contributed by atoms with Crippen molar-refractivity contribution >= 4 is 12.3 Å². The summed E-state index contributed by atoms with van der Waals surface area (Å²) in [6, 6.07) is 7.43. The van der Waals surface area contributed by atoms with E-state index < -0.39 is 5.97 Å². The van der Waals surface area contributed by atoms with Crippen LogP contribution in [0, 0.1) is 0 Å². The van der Waals surface area contributed by atoms with Crippen LogP contribution in [0.15, 0.2) is 24.3 Å². The molecule has 0 aliphatic rings. The van der Waals surface area contributed by atoms with Gasteiger partial charge in [-0.3, -0.25) is 4.79 Å². The summed E-state index contributed by atoms with van der Waals surface area (Å²) in [5, 5.41) is 8.47. The smallest absolute Gasteiger partial charge is 0.303 e. The van der Waals surface area contributed by atoms with Crippen molar-refractivity contribution < 1.29 is 14.7 Å². The number of hydrogen-bond acceptors (Lipinski definition) is 2. The van der Waals surface area contributed by atoms with Gasteiger partial charge in [-0.2, -0.15) is 0 Å². The molecule has 0 saturated carbocycles. The minimum Gasteiger partial charge on any atom is -0.481 e. The van der Waals surface area contributed by atoms with Crippen LogP contribution in [-0.2, 0) is 22.4 Å². The summed E-state index contributed by atoms with van der Waals surface area (Å²) in [5.41, 5.74) is 1.95. The van der Waals surface area contributed by atoms with Gasteiger partial charge in [-0.05, 0) is 17.5 Å². The quantitative estimate of drug-likeness (QED) is 0.718. The van der Waals surface area contributed by atoms with Gasteiger partial charge in [0, 0.05) is 12.8 Å². The lowest BCUT2D eigenvalue weighted by Gasteiger charge is -1.99. The van der Waals surface area contributed by atoms with Crippen molar-refractivity contribution in [2.75, 3.05) is 0 Å². The molecule has 0 bridgehead atoms. The Bertz CT molecular complexity index is 314. The highest BCUT2D eigenvalue weighted by Gasteiger charge is 1.98. The second-order valence-electron chi connectivity index (χ2n) is 3.08. The largest absolute Gasteiger partial charge is 0.481 e. The second kappa shape index (κ2) is 5.17. The number of carbonyl (C=O) groups excluding carboxylic acids is 1. The zero-order valence-electron chi connectivity index (χ0n) is 7.77. The molecule has 0 unspecified atom stereocenters. The number of benzene rings is 1. The molecule has 0 radical (unpaired) electrons. The highest BCUT2D eigenvalue weighted by molar-refractivity contribution is 5.67. The molecule has 1 N–H and O–H groups in total. The highest BCUT2D eigenvalue weighted by atomic mass is 16.4. The minimum atomic E-state index is -0.790. The number of carboxylic acid groups (broad SMARTS) is 1. The van der Waals surface area contributed by atoms with E-state index in [1.54, 1.807) is 0 Å². The summed E-state index contributed by atoms with van der Waals surface area (Å²) in [4.78, 5) is 20.5. The van der Waals surface area contributed by atoms with Crippen molar-refractivity contribution in [3.8, 4) is 0 Å². The molecule has 3 heteroatoms. The van der Waals surface area contributed by atoms with Crippen molar-refractivity contribution in [2.45, 2.75) is 19.3 Å². The summed E-state index contributed by atoms with van der Waals surface area (Å²) in [7, 11) is 0. The Hall–Kier alpha value is -1.64. The molecule has 1 aromatic rings. The van der Waals surface area contributed by atoms with Gasteiger partial charge in [-0.25, -0.2) is 0 Å². The molecule has 0 aliphatic carbocycles. The molecule has 0 aromatic heterocycles. The zero-order valence-corrected chi connectivity index (χ0v) is 7.77. The number of carboxylic acids is 1. The number of aliphatic carboxylic acids is 1. The van der Waals surface area contributed by atoms with Crippen LogP contribution >= 0.6 is 0 Å². The molecule has 0 aliphatic heterocycles. The second-order valence-corrected chi connectivity index (χ2v) is 3.08. The minimum absolute atomic E-state index is 0.146. The third-order valence-electron chi connectivity index (χ3n) is 1.97. The van der Waals surface area contributed by atoms with Crippen LogP contribution < -0.4 is 0 Å². The van der Waals surface area contributed by atoms with Gasteiger partial charge in [0.25, 0.3) is 0 Å². The van der Waals surface area contributed by atoms with Gasteiger partial charge in [-0.1, -0.05) is 24.3 Å². The highest BCUT2D eigenvalue weighted by Crippen LogP contribution is 2.06. The van der Waals surface area contributed by atoms with Crippen molar-refractivity contribution in [2.24, 2.45) is 0 Å². The third-order valence-corrected chi connectivity index (χ3v) is 1.97. The summed E-state index contributed by atoms with van der Waals surface area (Å²) in [6.07, 6.45) is 1.95. The fraction of sp³-hybridized carbons (Fsp3) is 0.273. The van der Waals surface area contributed by atoms with E-state index in [4.69, 9.17) is 5.11 Å². The van der Waals surface area contributed by atoms with Crippen molar-refractivity contribution in [1.29, 1.82) is 0 Å². The normalized spacial score (nSPS) is 9.71. The average molecular weight is 192 g/mol. The van der Waals surface area contributed by atoms with Crippen LogP contribution in [0.4, 0.5) is 0 Å². The Morgan fingerprint density at radius 2 is 1.79 bits per heavy atom. The number of carbonyl (C=O) groups is 2. The average Bonchev–Trinajstić information content (AvgIpc) is 2.17. The van der Waals surface area contributed by atoms with Gasteiger partial charge in [-0.15, -0.1) is 0 Å². The van der Waals surface area contributed by atoms with Crippen LogP contribution in [0.25, 0.3) is 0 Å². The number of aldehydes is 1. The molecular formula is C11H12O3. The van der Waals surface area contributed by atoms with E-state index in [2.05, 4.69) is 0 Å². The molecule has 0 heterocycles. The number of hydrogen-bond donors (Lipinski definition) is 1. The summed E-state index contributed by atoms with van der Waals surface area (Å²) in [5.74, 6) is -0.790. The maximum atomic E-state index is 10.3. The van der Waals surface area contributed by atoms with Gasteiger partial charge in [0.15, 0.2) is 0 Å². The van der Waals surface area contributed by atoms with Crippen LogP contribution in [0.3, 0.4) is 0 Å². The lowest BCUT2D eigenvalue weighted by atomic mass is 10.1. The topological polar surface area (TPSA) is 54.4 Å². The van der Waals surface area contributed by atoms with E-state index in [-0.39, 0.29) is 6.42 Å². The van der Waals surface area contributed by atoms with Crippen LogP contribution in [0.2, 0.25) is 0 Å². The standard InChI is InChI=1S/C11H12O3/c12-8-7-10-3-1-9(2-4-10)5-6-11(13)14/h1-4,8H,5-7H2,(H,13,14). The molecule has 0 amide bonds. The monoisotopic (exact) mass is 192 g/mol. The van der Waals surface area contributed by atoms with E-state index in [0.717, 1.165) is 17.4 Å². The Labute approximate surface area is 82.4 Å². The van der Waals surface area contributed by atoms with Crippen LogP contribution in [-0.4, -0.2) is 17.4 Å². The Kier molecular flexibility index (Phi) is 3.85. The van der Waals surface area contributed by atoms with Crippen molar-refractivity contribution in [1.82, 2.24) is 0 Å². The fourth-order valence-electron chi connectivity index (χ4n) is 1.19. The molecule has 0 atom stereocenters. The first kappa shape index (κ1) is 10.4. The van der Waals surface area contributed by atoms with Gasteiger partial charge in [0.2, 0.25) is 0 Å². The van der Waals surface area contributed by atoms with Gasteiger partial charge in [0.05, 0.1) is 0 Å². The Morgan fingerprint density at radius 1 is 1.21 bits per heavy atom. The van der Waals surface area contributed by atoms with Crippen LogP contribution in [0.5, 0.6) is 0 Å².